The summed E-state index contributed by atoms with van der Waals surface area (Å²) in [5.74, 6) is 2.64. The summed E-state index contributed by atoms with van der Waals surface area (Å²) < 4.78 is 0. The van der Waals surface area contributed by atoms with Gasteiger partial charge in [0.1, 0.15) is 0 Å². The molecule has 0 fully saturated rings. The highest BCUT2D eigenvalue weighted by molar-refractivity contribution is 6.00. The highest BCUT2D eigenvalue weighted by Gasteiger charge is 2.15. The molecule has 0 spiro atoms. The van der Waals surface area contributed by atoms with Crippen LogP contribution >= 0.6 is 0 Å². The lowest BCUT2D eigenvalue weighted by Gasteiger charge is -2.10. The number of fused-ring (bicyclic) bond motifs is 1. The smallest absolute Gasteiger partial charge is 0.164 e. The Labute approximate surface area is 130 Å². The van der Waals surface area contributed by atoms with Gasteiger partial charge >= 0.3 is 0 Å². The molecule has 0 saturated carbocycles. The number of carbonyl (C=O) groups is 1. The van der Waals surface area contributed by atoms with Crippen LogP contribution in [-0.4, -0.2) is 5.78 Å². The molecule has 0 aliphatic heterocycles. The van der Waals surface area contributed by atoms with E-state index in [1.165, 1.54) is 0 Å². The maximum absolute atomic E-state index is 12.5. The van der Waals surface area contributed by atoms with E-state index in [4.69, 9.17) is 6.42 Å². The van der Waals surface area contributed by atoms with Crippen molar-refractivity contribution in [3.8, 4) is 12.3 Å². The molecule has 1 nitrogen and oxygen atoms in total. The summed E-state index contributed by atoms with van der Waals surface area (Å²) in [6.45, 7) is 0. The monoisotopic (exact) mass is 284 g/mol. The Bertz CT molecular complexity index is 840. The average Bonchev–Trinajstić information content (AvgIpc) is 2.59. The van der Waals surface area contributed by atoms with Crippen molar-refractivity contribution in [2.75, 3.05) is 0 Å². The molecule has 3 aromatic carbocycles. The lowest BCUT2D eigenvalue weighted by Crippen LogP contribution is -2.06. The molecule has 0 saturated heterocycles. The standard InChI is InChI=1S/C21H16O/c1-2-16(17-8-4-3-5-9-17)15-21(22)20-13-12-18-10-6-7-11-19(18)14-20/h1,3-14,16H,15H2. The molecule has 0 amide bonds. The number of rotatable bonds is 4. The van der Waals surface area contributed by atoms with Crippen LogP contribution in [0.3, 0.4) is 0 Å². The van der Waals surface area contributed by atoms with E-state index in [2.05, 4.69) is 5.92 Å². The van der Waals surface area contributed by atoms with E-state index in [1.807, 2.05) is 72.8 Å². The average molecular weight is 284 g/mol. The van der Waals surface area contributed by atoms with Gasteiger partial charge in [0.2, 0.25) is 0 Å². The number of Topliss-reactive ketones (excluding diaryl/α,β-unsaturated/α-hetero) is 1. The third-order valence-corrected chi connectivity index (χ3v) is 3.86. The number of hydrogen-bond acceptors (Lipinski definition) is 1. The highest BCUT2D eigenvalue weighted by Crippen LogP contribution is 2.23. The summed E-state index contributed by atoms with van der Waals surface area (Å²) in [5, 5.41) is 2.21. The molecule has 0 aromatic heterocycles. The first-order valence-corrected chi connectivity index (χ1v) is 7.31. The second kappa shape index (κ2) is 6.28. The first kappa shape index (κ1) is 14.1. The molecule has 0 N–H and O–H groups in total. The molecule has 22 heavy (non-hydrogen) atoms. The van der Waals surface area contributed by atoms with Crippen LogP contribution in [0.1, 0.15) is 28.3 Å². The molecule has 3 rings (SSSR count). The maximum Gasteiger partial charge on any atom is 0.164 e. The Kier molecular flexibility index (Phi) is 4.03. The number of benzene rings is 3. The molecule has 0 aliphatic carbocycles. The minimum absolute atomic E-state index is 0.0811. The topological polar surface area (TPSA) is 17.1 Å². The van der Waals surface area contributed by atoms with E-state index in [9.17, 15) is 4.79 Å². The normalized spacial score (nSPS) is 11.8. The first-order chi connectivity index (χ1) is 10.8. The Morgan fingerprint density at radius 3 is 2.32 bits per heavy atom. The van der Waals surface area contributed by atoms with Crippen molar-refractivity contribution in [2.24, 2.45) is 0 Å². The molecule has 1 atom stereocenters. The zero-order valence-corrected chi connectivity index (χ0v) is 12.2. The van der Waals surface area contributed by atoms with Gasteiger partial charge in [0.15, 0.2) is 5.78 Å². The quantitative estimate of drug-likeness (QED) is 0.495. The van der Waals surface area contributed by atoms with Gasteiger partial charge in [-0.25, -0.2) is 0 Å². The van der Waals surface area contributed by atoms with Crippen LogP contribution in [0.25, 0.3) is 10.8 Å². The second-order valence-corrected chi connectivity index (χ2v) is 5.32. The molecule has 0 aliphatic rings. The van der Waals surface area contributed by atoms with Crippen molar-refractivity contribution < 1.29 is 4.79 Å². The van der Waals surface area contributed by atoms with Crippen molar-refractivity contribution in [3.05, 3.63) is 83.9 Å². The minimum Gasteiger partial charge on any atom is -0.294 e. The van der Waals surface area contributed by atoms with Gasteiger partial charge in [0.05, 0.1) is 5.92 Å². The van der Waals surface area contributed by atoms with Crippen LogP contribution in [0.5, 0.6) is 0 Å². The molecule has 0 heterocycles. The summed E-state index contributed by atoms with van der Waals surface area (Å²) in [4.78, 5) is 12.5. The van der Waals surface area contributed by atoms with E-state index in [1.54, 1.807) is 0 Å². The molecule has 3 aromatic rings. The Hall–Kier alpha value is -2.85. The van der Waals surface area contributed by atoms with E-state index >= 15 is 0 Å². The van der Waals surface area contributed by atoms with Gasteiger partial charge in [0, 0.05) is 12.0 Å². The van der Waals surface area contributed by atoms with Crippen molar-refractivity contribution in [3.63, 3.8) is 0 Å². The second-order valence-electron chi connectivity index (χ2n) is 5.32. The predicted molar refractivity (Wildman–Crippen MR) is 90.9 cm³/mol. The number of terminal acetylenes is 1. The van der Waals surface area contributed by atoms with Gasteiger partial charge in [0.25, 0.3) is 0 Å². The van der Waals surface area contributed by atoms with E-state index in [0.29, 0.717) is 6.42 Å². The van der Waals surface area contributed by atoms with E-state index in [0.717, 1.165) is 21.9 Å². The number of ketones is 1. The molecular formula is C21H16O. The zero-order valence-electron chi connectivity index (χ0n) is 12.2. The Balaban J connectivity index is 1.85. The molecule has 106 valence electrons. The third-order valence-electron chi connectivity index (χ3n) is 3.86. The largest absolute Gasteiger partial charge is 0.294 e. The summed E-state index contributed by atoms with van der Waals surface area (Å²) in [6, 6.07) is 23.6. The Morgan fingerprint density at radius 1 is 0.909 bits per heavy atom. The molecule has 0 bridgehead atoms. The molecule has 0 radical (unpaired) electrons. The fourth-order valence-corrected chi connectivity index (χ4v) is 2.62. The lowest BCUT2D eigenvalue weighted by molar-refractivity contribution is 0.0979. The summed E-state index contributed by atoms with van der Waals surface area (Å²) >= 11 is 0. The van der Waals surface area contributed by atoms with Crippen molar-refractivity contribution in [1.29, 1.82) is 0 Å². The van der Waals surface area contributed by atoms with Crippen molar-refractivity contribution in [1.82, 2.24) is 0 Å². The lowest BCUT2D eigenvalue weighted by atomic mass is 9.92. The highest BCUT2D eigenvalue weighted by atomic mass is 16.1. The van der Waals surface area contributed by atoms with Gasteiger partial charge in [-0.3, -0.25) is 4.79 Å². The van der Waals surface area contributed by atoms with Crippen LogP contribution in [0.4, 0.5) is 0 Å². The molecule has 1 unspecified atom stereocenters. The van der Waals surface area contributed by atoms with E-state index in [-0.39, 0.29) is 11.7 Å². The zero-order chi connectivity index (χ0) is 15.4. The van der Waals surface area contributed by atoms with Gasteiger partial charge in [-0.15, -0.1) is 6.42 Å². The van der Waals surface area contributed by atoms with Crippen LogP contribution < -0.4 is 0 Å². The molecular weight excluding hydrogens is 268 g/mol. The van der Waals surface area contributed by atoms with Crippen LogP contribution in [0.2, 0.25) is 0 Å². The van der Waals surface area contributed by atoms with Gasteiger partial charge in [-0.1, -0.05) is 72.7 Å². The fraction of sp³-hybridized carbons (Fsp3) is 0.0952. The minimum atomic E-state index is -0.180. The Morgan fingerprint density at radius 2 is 1.59 bits per heavy atom. The van der Waals surface area contributed by atoms with Crippen LogP contribution in [0, 0.1) is 12.3 Å². The van der Waals surface area contributed by atoms with Gasteiger partial charge < -0.3 is 0 Å². The summed E-state index contributed by atoms with van der Waals surface area (Å²) in [7, 11) is 0. The number of hydrogen-bond donors (Lipinski definition) is 0. The summed E-state index contributed by atoms with van der Waals surface area (Å²) in [5.41, 5.74) is 1.73. The SMILES string of the molecule is C#CC(CC(=O)c1ccc2ccccc2c1)c1ccccc1. The number of carbonyl (C=O) groups excluding carboxylic acids is 1. The third kappa shape index (κ3) is 2.92. The first-order valence-electron chi connectivity index (χ1n) is 7.31. The summed E-state index contributed by atoms with van der Waals surface area (Å²) in [6.07, 6.45) is 5.95. The maximum atomic E-state index is 12.5. The van der Waals surface area contributed by atoms with E-state index < -0.39 is 0 Å². The van der Waals surface area contributed by atoms with Crippen LogP contribution in [0.15, 0.2) is 72.8 Å². The fourth-order valence-electron chi connectivity index (χ4n) is 2.62. The predicted octanol–water partition coefficient (Wildman–Crippen LogP) is 4.83. The molecule has 1 heteroatoms. The van der Waals surface area contributed by atoms with Crippen molar-refractivity contribution in [2.45, 2.75) is 12.3 Å². The van der Waals surface area contributed by atoms with Crippen molar-refractivity contribution >= 4 is 16.6 Å². The van der Waals surface area contributed by atoms with Gasteiger partial charge in [-0.2, -0.15) is 0 Å². The van der Waals surface area contributed by atoms with Crippen LogP contribution in [-0.2, 0) is 0 Å². The van der Waals surface area contributed by atoms with Gasteiger partial charge in [-0.05, 0) is 22.4 Å².